The highest BCUT2D eigenvalue weighted by Crippen LogP contribution is 2.32. The minimum atomic E-state index is -1.10. The van der Waals surface area contributed by atoms with Crippen molar-refractivity contribution in [1.82, 2.24) is 9.97 Å². The maximum Gasteiger partial charge on any atom is 0.339 e. The molecule has 1 aromatic carbocycles. The first-order valence-electron chi connectivity index (χ1n) is 7.38. The van der Waals surface area contributed by atoms with Crippen LogP contribution in [0.5, 0.6) is 5.75 Å². The van der Waals surface area contributed by atoms with Gasteiger partial charge in [0.15, 0.2) is 0 Å². The second-order valence-corrected chi connectivity index (χ2v) is 7.33. The average molecular weight is 394 g/mol. The van der Waals surface area contributed by atoms with Gasteiger partial charge in [-0.2, -0.15) is 0 Å². The molecule has 1 heterocycles. The van der Waals surface area contributed by atoms with Crippen LogP contribution in [0.3, 0.4) is 0 Å². The Kier molecular flexibility index (Phi) is 5.13. The highest BCUT2D eigenvalue weighted by atomic mass is 79.9. The summed E-state index contributed by atoms with van der Waals surface area (Å²) in [5, 5.41) is 9.33. The van der Waals surface area contributed by atoms with Gasteiger partial charge in [0.05, 0.1) is 15.9 Å². The molecule has 2 rings (SSSR count). The maximum absolute atomic E-state index is 11.4. The van der Waals surface area contributed by atoms with Gasteiger partial charge in [0, 0.05) is 0 Å². The van der Waals surface area contributed by atoms with Crippen LogP contribution >= 0.6 is 15.9 Å². The van der Waals surface area contributed by atoms with Gasteiger partial charge in [-0.15, -0.1) is 0 Å². The summed E-state index contributed by atoms with van der Waals surface area (Å²) in [4.78, 5) is 19.3. The molecule has 3 N–H and O–H groups in total. The molecule has 0 aliphatic carbocycles. The fraction of sp³-hybridized carbons (Fsp3) is 0.353. The molecule has 0 spiro atoms. The topological polar surface area (TPSA) is 98.3 Å². The molecule has 6 nitrogen and oxygen atoms in total. The summed E-state index contributed by atoms with van der Waals surface area (Å²) < 4.78 is 6.53. The molecule has 0 aliphatic rings. The molecule has 2 aromatic rings. The number of carbonyl (C=O) groups is 1. The van der Waals surface area contributed by atoms with Crippen molar-refractivity contribution in [2.45, 2.75) is 39.7 Å². The van der Waals surface area contributed by atoms with Crippen LogP contribution in [0.15, 0.2) is 22.7 Å². The van der Waals surface area contributed by atoms with Gasteiger partial charge in [0.25, 0.3) is 0 Å². The number of aromatic carboxylic acids is 1. The van der Waals surface area contributed by atoms with Crippen LogP contribution in [0.2, 0.25) is 0 Å². The number of halogens is 1. The monoisotopic (exact) mass is 393 g/mol. The first-order valence-corrected chi connectivity index (χ1v) is 8.18. The first-order chi connectivity index (χ1) is 11.1. The largest absolute Gasteiger partial charge is 0.486 e. The number of hydrogen-bond acceptors (Lipinski definition) is 5. The van der Waals surface area contributed by atoms with Crippen molar-refractivity contribution in [3.8, 4) is 5.75 Å². The lowest BCUT2D eigenvalue weighted by atomic mass is 9.87. The lowest BCUT2D eigenvalue weighted by Gasteiger charge is -2.20. The Balaban J connectivity index is 2.28. The van der Waals surface area contributed by atoms with Crippen molar-refractivity contribution < 1.29 is 14.6 Å². The van der Waals surface area contributed by atoms with E-state index in [1.54, 1.807) is 6.92 Å². The van der Waals surface area contributed by atoms with Gasteiger partial charge in [-0.1, -0.05) is 26.8 Å². The molecule has 1 aromatic heterocycles. The highest BCUT2D eigenvalue weighted by Gasteiger charge is 2.19. The number of ether oxygens (including phenoxy) is 1. The molecule has 0 radical (unpaired) electrons. The number of benzene rings is 1. The SMILES string of the molecule is Cc1nc(N)nc(COc2ccc(C(C)(C)C)cc2Br)c1C(=O)O. The maximum atomic E-state index is 11.4. The summed E-state index contributed by atoms with van der Waals surface area (Å²) >= 11 is 3.49. The van der Waals surface area contributed by atoms with E-state index >= 15 is 0 Å². The van der Waals surface area contributed by atoms with Gasteiger partial charge >= 0.3 is 5.97 Å². The van der Waals surface area contributed by atoms with E-state index in [-0.39, 0.29) is 29.2 Å². The van der Waals surface area contributed by atoms with Gasteiger partial charge in [-0.3, -0.25) is 0 Å². The van der Waals surface area contributed by atoms with E-state index in [4.69, 9.17) is 10.5 Å². The summed E-state index contributed by atoms with van der Waals surface area (Å²) in [6.07, 6.45) is 0. The number of aromatic nitrogens is 2. The molecule has 0 atom stereocenters. The molecule has 24 heavy (non-hydrogen) atoms. The third kappa shape index (κ3) is 4.03. The number of nitrogens with two attached hydrogens (primary N) is 1. The van der Waals surface area contributed by atoms with Crippen molar-refractivity contribution in [3.63, 3.8) is 0 Å². The summed E-state index contributed by atoms with van der Waals surface area (Å²) in [7, 11) is 0. The fourth-order valence-corrected chi connectivity index (χ4v) is 2.76. The Labute approximate surface area is 149 Å². The van der Waals surface area contributed by atoms with Gasteiger partial charge in [0.1, 0.15) is 17.9 Å². The number of nitrogen functional groups attached to an aromatic ring is 1. The summed E-state index contributed by atoms with van der Waals surface area (Å²) in [6, 6.07) is 5.83. The minimum Gasteiger partial charge on any atom is -0.486 e. The number of anilines is 1. The van der Waals surface area contributed by atoms with E-state index in [0.717, 1.165) is 10.0 Å². The third-order valence-electron chi connectivity index (χ3n) is 3.56. The number of nitrogens with zero attached hydrogens (tertiary/aromatic N) is 2. The van der Waals surface area contributed by atoms with Gasteiger partial charge in [-0.25, -0.2) is 14.8 Å². The molecule has 0 saturated carbocycles. The summed E-state index contributed by atoms with van der Waals surface area (Å²) in [5.41, 5.74) is 7.39. The van der Waals surface area contributed by atoms with Gasteiger partial charge < -0.3 is 15.6 Å². The standard InChI is InChI=1S/C17H20BrN3O3/c1-9-14(15(22)23)12(21-16(19)20-9)8-24-13-6-5-10(7-11(13)18)17(2,3)4/h5-7H,8H2,1-4H3,(H,22,23)(H2,19,20,21). The zero-order valence-electron chi connectivity index (χ0n) is 14.1. The molecule has 128 valence electrons. The van der Waals surface area contributed by atoms with E-state index in [2.05, 4.69) is 46.7 Å². The minimum absolute atomic E-state index is 0.0113. The molecule has 0 bridgehead atoms. The molecule has 0 amide bonds. The van der Waals surface area contributed by atoms with E-state index < -0.39 is 5.97 Å². The van der Waals surface area contributed by atoms with Crippen molar-refractivity contribution in [2.24, 2.45) is 0 Å². The molecule has 0 fully saturated rings. The second kappa shape index (κ2) is 6.76. The molecule has 0 unspecified atom stereocenters. The molecular formula is C17H20BrN3O3. The van der Waals surface area contributed by atoms with Crippen molar-refractivity contribution in [1.29, 1.82) is 0 Å². The summed E-state index contributed by atoms with van der Waals surface area (Å²) in [6.45, 7) is 7.95. The zero-order valence-corrected chi connectivity index (χ0v) is 15.6. The number of carboxylic acid groups (broad SMARTS) is 1. The lowest BCUT2D eigenvalue weighted by molar-refractivity contribution is 0.0691. The Morgan fingerprint density at radius 3 is 2.54 bits per heavy atom. The summed E-state index contributed by atoms with van der Waals surface area (Å²) in [5.74, 6) is -0.472. The average Bonchev–Trinajstić information content (AvgIpc) is 2.43. The number of rotatable bonds is 4. The van der Waals surface area contributed by atoms with E-state index in [9.17, 15) is 9.90 Å². The fourth-order valence-electron chi connectivity index (χ4n) is 2.27. The third-order valence-corrected chi connectivity index (χ3v) is 4.18. The zero-order chi connectivity index (χ0) is 18.1. The van der Waals surface area contributed by atoms with Crippen LogP contribution < -0.4 is 10.5 Å². The number of hydrogen-bond donors (Lipinski definition) is 2. The van der Waals surface area contributed by atoms with Crippen LogP contribution in [-0.4, -0.2) is 21.0 Å². The highest BCUT2D eigenvalue weighted by molar-refractivity contribution is 9.10. The smallest absolute Gasteiger partial charge is 0.339 e. The normalized spacial score (nSPS) is 11.4. The first kappa shape index (κ1) is 18.2. The van der Waals surface area contributed by atoms with Crippen LogP contribution in [0, 0.1) is 6.92 Å². The van der Waals surface area contributed by atoms with Crippen LogP contribution in [0.25, 0.3) is 0 Å². The lowest BCUT2D eigenvalue weighted by Crippen LogP contribution is -2.14. The van der Waals surface area contributed by atoms with Gasteiger partial charge in [0.2, 0.25) is 5.95 Å². The van der Waals surface area contributed by atoms with E-state index in [0.29, 0.717) is 11.4 Å². The van der Waals surface area contributed by atoms with E-state index in [1.165, 1.54) is 0 Å². The molecule has 7 heteroatoms. The molecular weight excluding hydrogens is 374 g/mol. The van der Waals surface area contributed by atoms with Crippen LogP contribution in [0.4, 0.5) is 5.95 Å². The van der Waals surface area contributed by atoms with Gasteiger partial charge in [-0.05, 0) is 46.0 Å². The van der Waals surface area contributed by atoms with E-state index in [1.807, 2.05) is 18.2 Å². The Hall–Kier alpha value is -2.15. The Bertz CT molecular complexity index is 785. The van der Waals surface area contributed by atoms with Crippen molar-refractivity contribution >= 4 is 27.8 Å². The predicted octanol–water partition coefficient (Wildman–Crippen LogP) is 3.70. The van der Waals surface area contributed by atoms with Crippen LogP contribution in [0.1, 0.15) is 48.1 Å². The van der Waals surface area contributed by atoms with Crippen molar-refractivity contribution in [3.05, 3.63) is 45.2 Å². The van der Waals surface area contributed by atoms with Crippen LogP contribution in [-0.2, 0) is 12.0 Å². The number of aryl methyl sites for hydroxylation is 1. The molecule has 0 saturated heterocycles. The second-order valence-electron chi connectivity index (χ2n) is 6.48. The predicted molar refractivity (Wildman–Crippen MR) is 95.3 cm³/mol. The van der Waals surface area contributed by atoms with Crippen molar-refractivity contribution in [2.75, 3.05) is 5.73 Å². The quantitative estimate of drug-likeness (QED) is 0.821. The Morgan fingerprint density at radius 2 is 2.00 bits per heavy atom. The molecule has 0 aliphatic heterocycles. The Morgan fingerprint density at radius 1 is 1.33 bits per heavy atom. The number of carboxylic acids is 1.